The molecule has 0 saturated carbocycles. The summed E-state index contributed by atoms with van der Waals surface area (Å²) in [4.78, 5) is 11.2. The first-order chi connectivity index (χ1) is 7.74. The van der Waals surface area contributed by atoms with Crippen LogP contribution in [-0.2, 0) is 9.53 Å². The van der Waals surface area contributed by atoms with E-state index >= 15 is 0 Å². The van der Waals surface area contributed by atoms with Gasteiger partial charge in [0.2, 0.25) is 0 Å². The zero-order valence-electron chi connectivity index (χ0n) is 9.13. The molecule has 2 nitrogen and oxygen atoms in total. The van der Waals surface area contributed by atoms with Crippen molar-refractivity contribution >= 4 is 17.6 Å². The van der Waals surface area contributed by atoms with Crippen molar-refractivity contribution in [3.05, 3.63) is 34.9 Å². The molecule has 0 aromatic heterocycles. The number of rotatable bonds is 3. The summed E-state index contributed by atoms with van der Waals surface area (Å²) in [6.07, 6.45) is 1.85. The molecular formula is C13H13ClO2. The van der Waals surface area contributed by atoms with E-state index in [0.29, 0.717) is 17.2 Å². The van der Waals surface area contributed by atoms with Gasteiger partial charge >= 0.3 is 5.97 Å². The Morgan fingerprint density at radius 3 is 2.88 bits per heavy atom. The molecule has 0 aliphatic carbocycles. The minimum atomic E-state index is -0.506. The van der Waals surface area contributed by atoms with Crippen LogP contribution in [0, 0.1) is 11.8 Å². The van der Waals surface area contributed by atoms with E-state index in [0.717, 1.165) is 12.8 Å². The number of carbonyl (C=O) groups excluding carboxylic acids is 1. The minimum Gasteiger partial charge on any atom is -0.456 e. The van der Waals surface area contributed by atoms with Crippen LogP contribution in [-0.4, -0.2) is 12.6 Å². The third-order valence-corrected chi connectivity index (χ3v) is 2.23. The molecule has 84 valence electrons. The van der Waals surface area contributed by atoms with Gasteiger partial charge in [0, 0.05) is 11.5 Å². The Kier molecular flexibility index (Phi) is 5.45. The highest BCUT2D eigenvalue weighted by Crippen LogP contribution is 2.12. The van der Waals surface area contributed by atoms with Crippen molar-refractivity contribution < 1.29 is 9.53 Å². The summed E-state index contributed by atoms with van der Waals surface area (Å²) < 4.78 is 4.89. The summed E-state index contributed by atoms with van der Waals surface area (Å²) in [5, 5.41) is 0.538. The predicted octanol–water partition coefficient (Wildman–Crippen LogP) is 3.03. The smallest absolute Gasteiger partial charge is 0.384 e. The van der Waals surface area contributed by atoms with Gasteiger partial charge in [-0.2, -0.15) is 0 Å². The fourth-order valence-corrected chi connectivity index (χ4v) is 1.21. The molecular weight excluding hydrogens is 224 g/mol. The van der Waals surface area contributed by atoms with Crippen LogP contribution in [0.15, 0.2) is 24.3 Å². The Morgan fingerprint density at radius 2 is 2.19 bits per heavy atom. The highest BCUT2D eigenvalue weighted by atomic mass is 35.5. The topological polar surface area (TPSA) is 26.3 Å². The number of halogens is 1. The van der Waals surface area contributed by atoms with E-state index in [2.05, 4.69) is 11.8 Å². The molecule has 0 spiro atoms. The van der Waals surface area contributed by atoms with Crippen molar-refractivity contribution in [1.29, 1.82) is 0 Å². The van der Waals surface area contributed by atoms with Crippen LogP contribution < -0.4 is 0 Å². The van der Waals surface area contributed by atoms with Crippen molar-refractivity contribution in [2.24, 2.45) is 0 Å². The summed E-state index contributed by atoms with van der Waals surface area (Å²) in [6, 6.07) is 7.12. The monoisotopic (exact) mass is 236 g/mol. The molecule has 0 fully saturated rings. The standard InChI is InChI=1S/C13H13ClO2/c1-2-3-10-16-13(15)9-8-11-6-4-5-7-12(11)14/h4-7H,2-3,10H2,1H3. The number of hydrogen-bond donors (Lipinski definition) is 0. The highest BCUT2D eigenvalue weighted by molar-refractivity contribution is 6.31. The van der Waals surface area contributed by atoms with Gasteiger partial charge < -0.3 is 4.74 Å². The van der Waals surface area contributed by atoms with E-state index in [1.54, 1.807) is 12.1 Å². The first-order valence-corrected chi connectivity index (χ1v) is 5.55. The molecule has 1 aromatic carbocycles. The van der Waals surface area contributed by atoms with Crippen molar-refractivity contribution in [3.8, 4) is 11.8 Å². The normalized spacial score (nSPS) is 9.12. The molecule has 0 radical (unpaired) electrons. The molecule has 3 heteroatoms. The Morgan fingerprint density at radius 1 is 1.44 bits per heavy atom. The maximum atomic E-state index is 11.2. The van der Waals surface area contributed by atoms with Gasteiger partial charge in [-0.05, 0) is 18.6 Å². The number of esters is 1. The van der Waals surface area contributed by atoms with Crippen LogP contribution in [0.5, 0.6) is 0 Å². The fraction of sp³-hybridized carbons (Fsp3) is 0.308. The Bertz CT molecular complexity index is 415. The number of ether oxygens (including phenoxy) is 1. The van der Waals surface area contributed by atoms with Gasteiger partial charge in [0.15, 0.2) is 0 Å². The second-order valence-corrected chi connectivity index (χ2v) is 3.63. The van der Waals surface area contributed by atoms with Crippen molar-refractivity contribution in [1.82, 2.24) is 0 Å². The Hall–Kier alpha value is -1.46. The van der Waals surface area contributed by atoms with Crippen molar-refractivity contribution in [3.63, 3.8) is 0 Å². The zero-order valence-corrected chi connectivity index (χ0v) is 9.88. The van der Waals surface area contributed by atoms with E-state index in [9.17, 15) is 4.79 Å². The van der Waals surface area contributed by atoms with E-state index in [1.807, 2.05) is 19.1 Å². The molecule has 0 bridgehead atoms. The lowest BCUT2D eigenvalue weighted by atomic mass is 10.2. The number of unbranched alkanes of at least 4 members (excludes halogenated alkanes) is 1. The third-order valence-electron chi connectivity index (χ3n) is 1.90. The second-order valence-electron chi connectivity index (χ2n) is 3.22. The van der Waals surface area contributed by atoms with Gasteiger partial charge in [-0.3, -0.25) is 0 Å². The summed E-state index contributed by atoms with van der Waals surface area (Å²) >= 11 is 5.88. The lowest BCUT2D eigenvalue weighted by Gasteiger charge is -1.97. The lowest BCUT2D eigenvalue weighted by Crippen LogP contribution is -2.02. The van der Waals surface area contributed by atoms with Gasteiger partial charge in [0.05, 0.1) is 11.6 Å². The summed E-state index contributed by atoms with van der Waals surface area (Å²) in [5.74, 6) is 4.58. The van der Waals surface area contributed by atoms with Crippen LogP contribution >= 0.6 is 11.6 Å². The molecule has 0 N–H and O–H groups in total. The second kappa shape index (κ2) is 6.92. The summed E-state index contributed by atoms with van der Waals surface area (Å²) in [7, 11) is 0. The van der Waals surface area contributed by atoms with E-state index in [1.165, 1.54) is 0 Å². The van der Waals surface area contributed by atoms with Gasteiger partial charge in [0.1, 0.15) is 0 Å². The van der Waals surface area contributed by atoms with E-state index < -0.39 is 5.97 Å². The average Bonchev–Trinajstić information content (AvgIpc) is 2.28. The van der Waals surface area contributed by atoms with Crippen LogP contribution in [0.4, 0.5) is 0 Å². The maximum absolute atomic E-state index is 11.2. The van der Waals surface area contributed by atoms with Gasteiger partial charge in [-0.15, -0.1) is 0 Å². The van der Waals surface area contributed by atoms with E-state index in [-0.39, 0.29) is 0 Å². The van der Waals surface area contributed by atoms with Crippen LogP contribution in [0.1, 0.15) is 25.3 Å². The first kappa shape index (κ1) is 12.6. The molecule has 0 atom stereocenters. The molecule has 0 amide bonds. The summed E-state index contributed by atoms with van der Waals surface area (Å²) in [5.41, 5.74) is 0.636. The van der Waals surface area contributed by atoms with Crippen LogP contribution in [0.2, 0.25) is 5.02 Å². The first-order valence-electron chi connectivity index (χ1n) is 5.17. The SMILES string of the molecule is CCCCOC(=O)C#Cc1ccccc1Cl. The van der Waals surface area contributed by atoms with Crippen molar-refractivity contribution in [2.45, 2.75) is 19.8 Å². The molecule has 0 aliphatic rings. The number of hydrogen-bond acceptors (Lipinski definition) is 2. The van der Waals surface area contributed by atoms with E-state index in [4.69, 9.17) is 16.3 Å². The van der Waals surface area contributed by atoms with Gasteiger partial charge in [0.25, 0.3) is 0 Å². The summed E-state index contributed by atoms with van der Waals surface area (Å²) in [6.45, 7) is 2.45. The number of benzene rings is 1. The largest absolute Gasteiger partial charge is 0.456 e. The fourth-order valence-electron chi connectivity index (χ4n) is 1.03. The molecule has 0 unspecified atom stereocenters. The predicted molar refractivity (Wildman–Crippen MR) is 64.2 cm³/mol. The van der Waals surface area contributed by atoms with Crippen molar-refractivity contribution in [2.75, 3.05) is 6.61 Å². The van der Waals surface area contributed by atoms with Gasteiger partial charge in [-0.1, -0.05) is 43.0 Å². The third kappa shape index (κ3) is 4.37. The Balaban J connectivity index is 2.54. The number of carbonyl (C=O) groups is 1. The molecule has 0 aliphatic heterocycles. The highest BCUT2D eigenvalue weighted by Gasteiger charge is 1.97. The molecule has 1 rings (SSSR count). The van der Waals surface area contributed by atoms with Crippen LogP contribution in [0.3, 0.4) is 0 Å². The molecule has 0 heterocycles. The van der Waals surface area contributed by atoms with Crippen LogP contribution in [0.25, 0.3) is 0 Å². The minimum absolute atomic E-state index is 0.423. The molecule has 1 aromatic rings. The zero-order chi connectivity index (χ0) is 11.8. The van der Waals surface area contributed by atoms with Gasteiger partial charge in [-0.25, -0.2) is 4.79 Å². The molecule has 16 heavy (non-hydrogen) atoms. The maximum Gasteiger partial charge on any atom is 0.384 e. The lowest BCUT2D eigenvalue weighted by molar-refractivity contribution is -0.136. The Labute approximate surface area is 101 Å². The average molecular weight is 237 g/mol. The molecule has 0 saturated heterocycles. The quantitative estimate of drug-likeness (QED) is 0.458.